The number of carbonyl (C=O) groups is 2. The van der Waals surface area contributed by atoms with Crippen LogP contribution < -0.4 is 10.6 Å². The van der Waals surface area contributed by atoms with Crippen LogP contribution in [0.5, 0.6) is 0 Å². The lowest BCUT2D eigenvalue weighted by atomic mass is 10.00. The van der Waals surface area contributed by atoms with Crippen molar-refractivity contribution in [2.75, 3.05) is 10.6 Å². The van der Waals surface area contributed by atoms with Crippen LogP contribution in [0.4, 0.5) is 29.5 Å². The Bertz CT molecular complexity index is 1330. The number of rotatable bonds is 5. The maximum absolute atomic E-state index is 13.3. The highest BCUT2D eigenvalue weighted by atomic mass is 19.4. The molecule has 188 valence electrons. The monoisotopic (exact) mass is 500 g/mol. The third kappa shape index (κ3) is 5.21. The predicted molar refractivity (Wildman–Crippen MR) is 125 cm³/mol. The summed E-state index contributed by atoms with van der Waals surface area (Å²) in [6, 6.07) is 13.6. The molecule has 2 heterocycles. The number of benzene rings is 2. The fraction of sp³-hybridized carbons (Fsp3) is 0.292. The van der Waals surface area contributed by atoms with Gasteiger partial charge >= 0.3 is 17.9 Å². The Morgan fingerprint density at radius 2 is 1.64 bits per heavy atom. The first kappa shape index (κ1) is 24.9. The van der Waals surface area contributed by atoms with Crippen molar-refractivity contribution in [2.24, 2.45) is 17.3 Å². The second-order valence-electron chi connectivity index (χ2n) is 9.15. The van der Waals surface area contributed by atoms with Crippen molar-refractivity contribution in [1.82, 2.24) is 9.78 Å². The van der Waals surface area contributed by atoms with Crippen molar-refractivity contribution >= 4 is 23.5 Å². The van der Waals surface area contributed by atoms with E-state index in [2.05, 4.69) is 26.0 Å². The third-order valence-corrected chi connectivity index (χ3v) is 5.17. The molecule has 0 spiro atoms. The van der Waals surface area contributed by atoms with E-state index in [1.807, 2.05) is 0 Å². The van der Waals surface area contributed by atoms with Crippen LogP contribution in [0.15, 0.2) is 64.8 Å². The van der Waals surface area contributed by atoms with Gasteiger partial charge in [0.15, 0.2) is 0 Å². The van der Waals surface area contributed by atoms with Crippen LogP contribution in [0.2, 0.25) is 0 Å². The van der Waals surface area contributed by atoms with E-state index in [0.29, 0.717) is 22.8 Å². The third-order valence-electron chi connectivity index (χ3n) is 5.17. The average Bonchev–Trinajstić information content (AvgIpc) is 3.53. The van der Waals surface area contributed by atoms with Crippen LogP contribution in [0.3, 0.4) is 0 Å². The van der Waals surface area contributed by atoms with Gasteiger partial charge in [0.25, 0.3) is 5.91 Å². The number of hydrogen-bond acceptors (Lipinski definition) is 6. The maximum Gasteiger partial charge on any atom is 0.442 e. The highest BCUT2D eigenvalue weighted by Crippen LogP contribution is 2.52. The highest BCUT2D eigenvalue weighted by molar-refractivity contribution is 6.04. The van der Waals surface area contributed by atoms with Gasteiger partial charge in [0.05, 0.1) is 5.69 Å². The molecular weight excluding hydrogens is 477 g/mol. The molecular formula is C24H23F3N6O3. The molecule has 0 atom stereocenters. The molecule has 0 saturated carbocycles. The van der Waals surface area contributed by atoms with Crippen LogP contribution in [0, 0.1) is 0 Å². The summed E-state index contributed by atoms with van der Waals surface area (Å²) in [5, 5.41) is 16.0. The maximum atomic E-state index is 13.3. The lowest BCUT2D eigenvalue weighted by Crippen LogP contribution is -2.30. The van der Waals surface area contributed by atoms with Gasteiger partial charge in [-0.25, -0.2) is 4.79 Å². The SMILES string of the molecule is Cn1nc(-c2ccc(NC(=O)OC(C)(C)C)cc2)cc1NC(=O)c1cccc(C2(C(F)(F)F)N=N2)c1. The van der Waals surface area contributed by atoms with Gasteiger partial charge < -0.3 is 10.1 Å². The van der Waals surface area contributed by atoms with E-state index in [-0.39, 0.29) is 11.1 Å². The molecule has 2 N–H and O–H groups in total. The highest BCUT2D eigenvalue weighted by Gasteiger charge is 2.65. The summed E-state index contributed by atoms with van der Waals surface area (Å²) in [5.74, 6) is -0.274. The Hall–Kier alpha value is -4.22. The van der Waals surface area contributed by atoms with Gasteiger partial charge in [-0.15, -0.1) is 10.2 Å². The standard InChI is InChI=1S/C24H23F3N6O3/c1-22(2,3)36-21(35)28-17-10-8-14(9-11-17)18-13-19(33(4)30-18)29-20(34)15-6-5-7-16(12-15)23(31-32-23)24(25,26)27/h5-13H,1-4H3,(H,28,35)(H,29,34). The molecule has 2 aromatic carbocycles. The number of halogens is 3. The molecule has 9 nitrogen and oxygen atoms in total. The Balaban J connectivity index is 1.46. The quantitative estimate of drug-likeness (QED) is 0.457. The van der Waals surface area contributed by atoms with E-state index in [4.69, 9.17) is 4.74 Å². The predicted octanol–water partition coefficient (Wildman–Crippen LogP) is 5.87. The molecule has 2 amide bonds. The summed E-state index contributed by atoms with van der Waals surface area (Å²) < 4.78 is 46.6. The molecule has 4 rings (SSSR count). The minimum absolute atomic E-state index is 0.0220. The topological polar surface area (TPSA) is 110 Å². The van der Waals surface area contributed by atoms with Crippen LogP contribution in [0.1, 0.15) is 36.7 Å². The van der Waals surface area contributed by atoms with Gasteiger partial charge in [-0.2, -0.15) is 18.3 Å². The molecule has 3 aromatic rings. The van der Waals surface area contributed by atoms with Crippen LogP contribution in [-0.4, -0.2) is 33.6 Å². The summed E-state index contributed by atoms with van der Waals surface area (Å²) >= 11 is 0. The summed E-state index contributed by atoms with van der Waals surface area (Å²) in [6.07, 6.45) is -5.26. The van der Waals surface area contributed by atoms with Gasteiger partial charge in [0, 0.05) is 35.5 Å². The number of aromatic nitrogens is 2. The van der Waals surface area contributed by atoms with Crippen LogP contribution in [-0.2, 0) is 17.4 Å². The average molecular weight is 500 g/mol. The van der Waals surface area contributed by atoms with E-state index in [0.717, 1.165) is 6.07 Å². The molecule has 0 radical (unpaired) electrons. The van der Waals surface area contributed by atoms with E-state index < -0.39 is 29.4 Å². The number of hydrogen-bond donors (Lipinski definition) is 2. The molecule has 1 aromatic heterocycles. The molecule has 1 aliphatic heterocycles. The van der Waals surface area contributed by atoms with Crippen LogP contribution in [0.25, 0.3) is 11.3 Å². The molecule has 1 aliphatic rings. The Labute approximate surface area is 204 Å². The van der Waals surface area contributed by atoms with Crippen molar-refractivity contribution in [1.29, 1.82) is 0 Å². The molecule has 12 heteroatoms. The number of anilines is 2. The van der Waals surface area contributed by atoms with Crippen molar-refractivity contribution in [3.05, 3.63) is 65.7 Å². The van der Waals surface area contributed by atoms with Crippen molar-refractivity contribution in [3.8, 4) is 11.3 Å². The van der Waals surface area contributed by atoms with Gasteiger partial charge in [0.1, 0.15) is 11.4 Å². The van der Waals surface area contributed by atoms with E-state index in [1.165, 1.54) is 22.9 Å². The summed E-state index contributed by atoms with van der Waals surface area (Å²) in [5.41, 5.74) is -1.65. The van der Waals surface area contributed by atoms with E-state index in [9.17, 15) is 22.8 Å². The second-order valence-corrected chi connectivity index (χ2v) is 9.15. The molecule has 36 heavy (non-hydrogen) atoms. The number of aryl methyl sites for hydroxylation is 1. The minimum Gasteiger partial charge on any atom is -0.444 e. The number of amides is 2. The first-order chi connectivity index (χ1) is 16.8. The Kier molecular flexibility index (Phi) is 6.07. The van der Waals surface area contributed by atoms with Crippen molar-refractivity contribution in [2.45, 2.75) is 38.2 Å². The largest absolute Gasteiger partial charge is 0.444 e. The van der Waals surface area contributed by atoms with Gasteiger partial charge in [-0.05, 0) is 45.0 Å². The van der Waals surface area contributed by atoms with E-state index in [1.54, 1.807) is 58.2 Å². The minimum atomic E-state index is -4.68. The molecule has 0 fully saturated rings. The first-order valence-electron chi connectivity index (χ1n) is 10.8. The lowest BCUT2D eigenvalue weighted by molar-refractivity contribution is -0.166. The van der Waals surface area contributed by atoms with Gasteiger partial charge in [-0.3, -0.25) is 14.8 Å². The number of alkyl halides is 3. The number of carbonyl (C=O) groups excluding carboxylic acids is 2. The summed E-state index contributed by atoms with van der Waals surface area (Å²) in [4.78, 5) is 24.7. The molecule has 0 bridgehead atoms. The zero-order valence-electron chi connectivity index (χ0n) is 19.8. The summed E-state index contributed by atoms with van der Waals surface area (Å²) in [6.45, 7) is 5.30. The first-order valence-corrected chi connectivity index (χ1v) is 10.8. The molecule has 0 aliphatic carbocycles. The van der Waals surface area contributed by atoms with Gasteiger partial charge in [0.2, 0.25) is 0 Å². The number of nitrogens with one attached hydrogen (secondary N) is 2. The number of ether oxygens (including phenoxy) is 1. The fourth-order valence-corrected chi connectivity index (χ4v) is 3.38. The smallest absolute Gasteiger partial charge is 0.442 e. The molecule has 0 saturated heterocycles. The van der Waals surface area contributed by atoms with Crippen molar-refractivity contribution in [3.63, 3.8) is 0 Å². The lowest BCUT2D eigenvalue weighted by Gasteiger charge is -2.19. The van der Waals surface area contributed by atoms with Crippen molar-refractivity contribution < 1.29 is 27.5 Å². The fourth-order valence-electron chi connectivity index (χ4n) is 3.38. The van der Waals surface area contributed by atoms with E-state index >= 15 is 0 Å². The Morgan fingerprint density at radius 3 is 2.22 bits per heavy atom. The summed E-state index contributed by atoms with van der Waals surface area (Å²) in [7, 11) is 1.62. The zero-order chi connectivity index (χ0) is 26.3. The number of nitrogens with zero attached hydrogens (tertiary/aromatic N) is 4. The molecule has 0 unspecified atom stereocenters. The van der Waals surface area contributed by atoms with Crippen LogP contribution >= 0.6 is 0 Å². The Morgan fingerprint density at radius 1 is 0.972 bits per heavy atom. The second kappa shape index (κ2) is 8.77. The normalized spacial score (nSPS) is 14.3. The zero-order valence-corrected chi connectivity index (χ0v) is 19.8. The van der Waals surface area contributed by atoms with Gasteiger partial charge in [-0.1, -0.05) is 24.3 Å².